The number of carbonyl (C=O) groups is 2. The van der Waals surface area contributed by atoms with Crippen molar-refractivity contribution in [2.75, 3.05) is 4.90 Å². The van der Waals surface area contributed by atoms with E-state index in [0.717, 1.165) is 5.56 Å². The van der Waals surface area contributed by atoms with E-state index in [2.05, 4.69) is 0 Å². The lowest BCUT2D eigenvalue weighted by atomic mass is 10.0. The normalized spacial score (nSPS) is 19.2. The Balaban J connectivity index is 2.55. The fourth-order valence-electron chi connectivity index (χ4n) is 2.44. The number of carbonyl (C=O) groups excluding carboxylic acids is 1. The Morgan fingerprint density at radius 2 is 2.15 bits per heavy atom. The topological polar surface area (TPSA) is 66.8 Å². The van der Waals surface area contributed by atoms with Crippen molar-refractivity contribution in [1.82, 2.24) is 0 Å². The number of aryl methyl sites for hydroxylation is 1. The van der Waals surface area contributed by atoms with Gasteiger partial charge in [-0.2, -0.15) is 0 Å². The molecule has 1 amide bonds. The second-order valence-electron chi connectivity index (χ2n) is 4.96. The summed E-state index contributed by atoms with van der Waals surface area (Å²) in [7, 11) is 0. The van der Waals surface area contributed by atoms with E-state index in [9.17, 15) is 14.7 Å². The number of amides is 1. The summed E-state index contributed by atoms with van der Waals surface area (Å²) in [5.41, 5.74) is 1.51. The van der Waals surface area contributed by atoms with Crippen molar-refractivity contribution in [3.8, 4) is 5.75 Å². The lowest BCUT2D eigenvalue weighted by molar-refractivity contribution is -0.141. The first-order valence-corrected chi connectivity index (χ1v) is 6.82. The Bertz CT molecular complexity index is 541. The summed E-state index contributed by atoms with van der Waals surface area (Å²) in [4.78, 5) is 25.3. The fourth-order valence-corrected chi connectivity index (χ4v) is 2.44. The van der Waals surface area contributed by atoms with Crippen LogP contribution in [0.15, 0.2) is 18.2 Å². The van der Waals surface area contributed by atoms with E-state index >= 15 is 0 Å². The van der Waals surface area contributed by atoms with Gasteiger partial charge in [-0.25, -0.2) is 4.79 Å². The van der Waals surface area contributed by atoms with Crippen LogP contribution in [0.1, 0.15) is 32.3 Å². The molecule has 20 heavy (non-hydrogen) atoms. The molecule has 1 aliphatic heterocycles. The molecule has 0 bridgehead atoms. The minimum absolute atomic E-state index is 0.278. The van der Waals surface area contributed by atoms with Gasteiger partial charge in [0.15, 0.2) is 6.10 Å². The van der Waals surface area contributed by atoms with Gasteiger partial charge >= 0.3 is 5.97 Å². The summed E-state index contributed by atoms with van der Waals surface area (Å²) in [6.07, 6.45) is 0.252. The number of ether oxygens (including phenoxy) is 1. The average Bonchev–Trinajstić information content (AvgIpc) is 2.41. The maximum Gasteiger partial charge on any atom is 0.326 e. The summed E-state index contributed by atoms with van der Waals surface area (Å²) in [5, 5.41) is 9.36. The van der Waals surface area contributed by atoms with Crippen LogP contribution in [0.5, 0.6) is 5.75 Å². The van der Waals surface area contributed by atoms with Crippen molar-refractivity contribution >= 4 is 17.6 Å². The summed E-state index contributed by atoms with van der Waals surface area (Å²) in [6.45, 7) is 5.51. The average molecular weight is 277 g/mol. The minimum atomic E-state index is -0.995. The van der Waals surface area contributed by atoms with Crippen molar-refractivity contribution in [1.29, 1.82) is 0 Å². The van der Waals surface area contributed by atoms with Gasteiger partial charge in [-0.05, 0) is 37.5 Å². The van der Waals surface area contributed by atoms with E-state index in [-0.39, 0.29) is 5.91 Å². The van der Waals surface area contributed by atoms with Gasteiger partial charge in [0.05, 0.1) is 5.69 Å². The zero-order chi connectivity index (χ0) is 14.9. The lowest BCUT2D eigenvalue weighted by Crippen LogP contribution is -2.53. The predicted molar refractivity (Wildman–Crippen MR) is 75.1 cm³/mol. The molecule has 108 valence electrons. The van der Waals surface area contributed by atoms with Gasteiger partial charge in [-0.15, -0.1) is 0 Å². The molecule has 0 saturated carbocycles. The molecule has 0 spiro atoms. The third-order valence-electron chi connectivity index (χ3n) is 3.51. The van der Waals surface area contributed by atoms with Gasteiger partial charge in [0.25, 0.3) is 5.91 Å². The fraction of sp³-hybridized carbons (Fsp3) is 0.467. The van der Waals surface area contributed by atoms with Crippen molar-refractivity contribution in [2.45, 2.75) is 45.8 Å². The summed E-state index contributed by atoms with van der Waals surface area (Å²) >= 11 is 0. The highest BCUT2D eigenvalue weighted by atomic mass is 16.5. The molecule has 0 fully saturated rings. The Kier molecular flexibility index (Phi) is 3.97. The van der Waals surface area contributed by atoms with Gasteiger partial charge in [0.2, 0.25) is 0 Å². The third kappa shape index (κ3) is 2.35. The van der Waals surface area contributed by atoms with E-state index in [0.29, 0.717) is 24.3 Å². The maximum atomic E-state index is 12.5. The second kappa shape index (κ2) is 5.53. The second-order valence-corrected chi connectivity index (χ2v) is 4.96. The SMILES string of the molecule is CCC1Oc2ccc(C)cc2N(C(CC)C(=O)O)C1=O. The summed E-state index contributed by atoms with van der Waals surface area (Å²) in [6, 6.07) is 4.62. The number of aliphatic carboxylic acids is 1. The van der Waals surface area contributed by atoms with Crippen LogP contribution < -0.4 is 9.64 Å². The number of carboxylic acids is 1. The number of anilines is 1. The van der Waals surface area contributed by atoms with Crippen LogP contribution in [0.3, 0.4) is 0 Å². The predicted octanol–water partition coefficient (Wildman–Crippen LogP) is 2.36. The molecular weight excluding hydrogens is 258 g/mol. The van der Waals surface area contributed by atoms with Crippen LogP contribution in [0, 0.1) is 6.92 Å². The van der Waals surface area contributed by atoms with Crippen LogP contribution in [0.2, 0.25) is 0 Å². The Morgan fingerprint density at radius 1 is 1.45 bits per heavy atom. The molecule has 2 atom stereocenters. The first-order valence-electron chi connectivity index (χ1n) is 6.82. The molecule has 1 N–H and O–H groups in total. The molecule has 2 rings (SSSR count). The van der Waals surface area contributed by atoms with E-state index in [1.807, 2.05) is 19.9 Å². The largest absolute Gasteiger partial charge is 0.480 e. The van der Waals surface area contributed by atoms with Gasteiger partial charge in [-0.1, -0.05) is 19.9 Å². The van der Waals surface area contributed by atoms with Crippen LogP contribution in [-0.2, 0) is 9.59 Å². The molecule has 1 aliphatic rings. The maximum absolute atomic E-state index is 12.5. The summed E-state index contributed by atoms with van der Waals surface area (Å²) in [5.74, 6) is -0.702. The zero-order valence-corrected chi connectivity index (χ0v) is 11.9. The van der Waals surface area contributed by atoms with Crippen LogP contribution in [-0.4, -0.2) is 29.1 Å². The van der Waals surface area contributed by atoms with Gasteiger partial charge < -0.3 is 9.84 Å². The highest BCUT2D eigenvalue weighted by Gasteiger charge is 2.39. The number of hydrogen-bond donors (Lipinski definition) is 1. The smallest absolute Gasteiger partial charge is 0.326 e. The minimum Gasteiger partial charge on any atom is -0.480 e. The highest BCUT2D eigenvalue weighted by Crippen LogP contribution is 2.37. The molecule has 0 radical (unpaired) electrons. The zero-order valence-electron chi connectivity index (χ0n) is 11.9. The number of benzene rings is 1. The van der Waals surface area contributed by atoms with Crippen molar-refractivity contribution in [3.05, 3.63) is 23.8 Å². The lowest BCUT2D eigenvalue weighted by Gasteiger charge is -2.37. The molecule has 1 heterocycles. The van der Waals surface area contributed by atoms with Gasteiger partial charge in [0.1, 0.15) is 11.8 Å². The summed E-state index contributed by atoms with van der Waals surface area (Å²) < 4.78 is 5.67. The first-order chi connectivity index (χ1) is 9.49. The Morgan fingerprint density at radius 3 is 2.70 bits per heavy atom. The molecule has 2 unspecified atom stereocenters. The molecule has 0 aromatic heterocycles. The first kappa shape index (κ1) is 14.4. The molecule has 0 saturated heterocycles. The molecular formula is C15H19NO4. The van der Waals surface area contributed by atoms with Crippen molar-refractivity contribution in [2.24, 2.45) is 0 Å². The molecule has 5 nitrogen and oxygen atoms in total. The monoisotopic (exact) mass is 277 g/mol. The van der Waals surface area contributed by atoms with Crippen LogP contribution >= 0.6 is 0 Å². The van der Waals surface area contributed by atoms with Crippen LogP contribution in [0.4, 0.5) is 5.69 Å². The van der Waals surface area contributed by atoms with Crippen molar-refractivity contribution < 1.29 is 19.4 Å². The Hall–Kier alpha value is -2.04. The van der Waals surface area contributed by atoms with Crippen LogP contribution in [0.25, 0.3) is 0 Å². The highest BCUT2D eigenvalue weighted by molar-refractivity contribution is 6.04. The number of fused-ring (bicyclic) bond motifs is 1. The van der Waals surface area contributed by atoms with Crippen molar-refractivity contribution in [3.63, 3.8) is 0 Å². The quantitative estimate of drug-likeness (QED) is 0.917. The van der Waals surface area contributed by atoms with E-state index in [1.165, 1.54) is 4.90 Å². The third-order valence-corrected chi connectivity index (χ3v) is 3.51. The standard InChI is InChI=1S/C15H19NO4/c1-4-10(15(18)19)16-11-8-9(3)6-7-13(11)20-12(5-2)14(16)17/h6-8,10,12H,4-5H2,1-3H3,(H,18,19). The number of rotatable bonds is 4. The molecule has 0 aliphatic carbocycles. The molecule has 1 aromatic carbocycles. The Labute approximate surface area is 118 Å². The number of carboxylic acid groups (broad SMARTS) is 1. The van der Waals surface area contributed by atoms with Gasteiger partial charge in [0, 0.05) is 0 Å². The molecule has 1 aromatic rings. The van der Waals surface area contributed by atoms with E-state index in [1.54, 1.807) is 19.1 Å². The number of hydrogen-bond acceptors (Lipinski definition) is 3. The van der Waals surface area contributed by atoms with E-state index < -0.39 is 18.1 Å². The number of nitrogens with zero attached hydrogens (tertiary/aromatic N) is 1. The van der Waals surface area contributed by atoms with Gasteiger partial charge in [-0.3, -0.25) is 9.69 Å². The van der Waals surface area contributed by atoms with E-state index in [4.69, 9.17) is 4.74 Å². The molecule has 5 heteroatoms.